The smallest absolute Gasteiger partial charge is 0.357 e. The number of halogens is 1. The largest absolute Gasteiger partial charge is 0.814 e. The Hall–Kier alpha value is -3.20. The van der Waals surface area contributed by atoms with Gasteiger partial charge in [-0.25, -0.2) is 19.4 Å². The van der Waals surface area contributed by atoms with E-state index in [1.54, 1.807) is 0 Å². The molecular formula is C30H32IN5. The quantitative estimate of drug-likeness (QED) is 0.312. The van der Waals surface area contributed by atoms with Crippen LogP contribution < -0.4 is 21.2 Å². The first kappa shape index (κ1) is 29.0. The van der Waals surface area contributed by atoms with E-state index < -0.39 is 29.8 Å². The Balaban J connectivity index is 0.000000269. The second kappa shape index (κ2) is 12.2. The van der Waals surface area contributed by atoms with E-state index in [1.807, 2.05) is 12.1 Å². The summed E-state index contributed by atoms with van der Waals surface area (Å²) >= 11 is -0.0703. The molecule has 2 aromatic carbocycles. The summed E-state index contributed by atoms with van der Waals surface area (Å²) in [6, 6.07) is 20.6. The lowest BCUT2D eigenvalue weighted by Gasteiger charge is -2.18. The van der Waals surface area contributed by atoms with Gasteiger partial charge in [-0.3, -0.25) is 0 Å². The number of rotatable bonds is 3. The molecule has 5 atom stereocenters. The van der Waals surface area contributed by atoms with Gasteiger partial charge in [0.15, 0.2) is 7.14 Å². The highest BCUT2D eigenvalue weighted by Crippen LogP contribution is 2.39. The van der Waals surface area contributed by atoms with Crippen molar-refractivity contribution in [1.29, 1.82) is 10.5 Å². The maximum absolute atomic E-state index is 8.96. The molecule has 5 nitrogen and oxygen atoms in total. The Bertz CT molecular complexity index is 1110. The number of nitriles is 2. The van der Waals surface area contributed by atoms with Gasteiger partial charge in [-0.2, -0.15) is 10.5 Å². The Morgan fingerprint density at radius 1 is 0.750 bits per heavy atom. The summed E-state index contributed by atoms with van der Waals surface area (Å²) in [7, 11) is 0. The van der Waals surface area contributed by atoms with E-state index in [1.165, 1.54) is 18.3 Å². The van der Waals surface area contributed by atoms with Gasteiger partial charge >= 0.3 is 33.3 Å². The number of hydrogen-bond acceptors (Lipinski definition) is 2. The third kappa shape index (κ3) is 6.94. The van der Waals surface area contributed by atoms with Crippen molar-refractivity contribution >= 4 is 6.21 Å². The van der Waals surface area contributed by atoms with Gasteiger partial charge in [0.25, 0.3) is 0 Å². The van der Waals surface area contributed by atoms with Gasteiger partial charge in [-0.1, -0.05) is 65.8 Å². The van der Waals surface area contributed by atoms with Crippen LogP contribution in [0.3, 0.4) is 0 Å². The molecule has 0 heterocycles. The number of nitrogens with zero attached hydrogens (tertiary/aromatic N) is 5. The molecule has 0 radical (unpaired) electrons. The van der Waals surface area contributed by atoms with Crippen LogP contribution in [0.5, 0.6) is 0 Å². The van der Waals surface area contributed by atoms with Crippen molar-refractivity contribution in [3.63, 3.8) is 0 Å². The fourth-order valence-electron chi connectivity index (χ4n) is 4.08. The first-order valence-corrected chi connectivity index (χ1v) is 13.9. The first-order chi connectivity index (χ1) is 16.9. The average Bonchev–Trinajstić information content (AvgIpc) is 3.15. The van der Waals surface area contributed by atoms with Gasteiger partial charge in [-0.05, 0) is 46.2 Å². The highest BCUT2D eigenvalue weighted by Gasteiger charge is 2.58. The molecule has 0 bridgehead atoms. The van der Waals surface area contributed by atoms with Crippen LogP contribution in [-0.2, 0) is 10.8 Å². The second-order valence-electron chi connectivity index (χ2n) is 10.9. The SMILES string of the molecule is CC(C)(C)c1ccc([I+]c2ccc(C(C)(C)C)cc2)cc1.[C-]#[N+]C1C(C#N)C(C#N)C(C=[N-])C1[N+]#[C-]. The molecule has 1 aliphatic carbocycles. The van der Waals surface area contributed by atoms with Crippen molar-refractivity contribution in [2.45, 2.75) is 64.5 Å². The van der Waals surface area contributed by atoms with Crippen LogP contribution >= 0.6 is 0 Å². The van der Waals surface area contributed by atoms with Gasteiger partial charge < -0.3 is 15.1 Å². The van der Waals surface area contributed by atoms with Gasteiger partial charge in [0.1, 0.15) is 5.92 Å². The van der Waals surface area contributed by atoms with Crippen molar-refractivity contribution in [2.24, 2.45) is 17.8 Å². The zero-order chi connectivity index (χ0) is 27.1. The zero-order valence-corrected chi connectivity index (χ0v) is 23.9. The third-order valence-corrected chi connectivity index (χ3v) is 9.00. The molecule has 0 aromatic heterocycles. The molecule has 0 spiro atoms. The molecule has 3 rings (SSSR count). The second-order valence-corrected chi connectivity index (χ2v) is 13.9. The summed E-state index contributed by atoms with van der Waals surface area (Å²) in [4.78, 5) is 6.45. The van der Waals surface area contributed by atoms with Crippen molar-refractivity contribution in [1.82, 2.24) is 0 Å². The summed E-state index contributed by atoms with van der Waals surface area (Å²) < 4.78 is 2.98. The van der Waals surface area contributed by atoms with E-state index in [4.69, 9.17) is 29.1 Å². The standard InChI is InChI=1S/C20H26I.C10H6N5/c1-19(2,3)15-7-11-17(12-8-15)21-18-13-9-16(10-14-18)20(4,5)6;1-14-9-7(4-12)6(3-11)8(5-13)10(9)15-2/h7-14H,1-6H3;4,6-10H/q+1;-1. The minimum atomic E-state index is -0.814. The van der Waals surface area contributed by atoms with Crippen molar-refractivity contribution < 1.29 is 21.2 Å². The highest BCUT2D eigenvalue weighted by molar-refractivity contribution is 5.68. The molecule has 1 aliphatic rings. The Labute approximate surface area is 226 Å². The molecule has 36 heavy (non-hydrogen) atoms. The van der Waals surface area contributed by atoms with Crippen LogP contribution in [0.4, 0.5) is 0 Å². The zero-order valence-electron chi connectivity index (χ0n) is 21.7. The molecule has 1 fully saturated rings. The normalized spacial score (nSPS) is 23.1. The molecule has 1 saturated carbocycles. The molecule has 0 saturated heterocycles. The van der Waals surface area contributed by atoms with E-state index in [0.717, 1.165) is 6.21 Å². The van der Waals surface area contributed by atoms with Crippen molar-refractivity contribution in [3.8, 4) is 12.1 Å². The van der Waals surface area contributed by atoms with Crippen LogP contribution in [0, 0.1) is 60.7 Å². The fraction of sp³-hybridized carbons (Fsp3) is 0.433. The van der Waals surface area contributed by atoms with Crippen molar-refractivity contribution in [3.05, 3.63) is 95.0 Å². The Morgan fingerprint density at radius 3 is 1.42 bits per heavy atom. The molecule has 0 N–H and O–H groups in total. The predicted octanol–water partition coefficient (Wildman–Crippen LogP) is 3.52. The molecule has 184 valence electrons. The van der Waals surface area contributed by atoms with E-state index >= 15 is 0 Å². The number of benzene rings is 2. The van der Waals surface area contributed by atoms with Crippen molar-refractivity contribution in [2.75, 3.05) is 0 Å². The maximum atomic E-state index is 8.96. The maximum Gasteiger partial charge on any atom is 0.357 e. The van der Waals surface area contributed by atoms with Crippen LogP contribution in [0.25, 0.3) is 15.1 Å². The summed E-state index contributed by atoms with van der Waals surface area (Å²) in [5, 5.41) is 26.7. The van der Waals surface area contributed by atoms with Crippen LogP contribution in [0.1, 0.15) is 52.7 Å². The van der Waals surface area contributed by atoms with E-state index in [9.17, 15) is 0 Å². The summed E-state index contributed by atoms with van der Waals surface area (Å²) in [6.45, 7) is 27.4. The molecule has 5 unspecified atom stereocenters. The summed E-state index contributed by atoms with van der Waals surface area (Å²) in [6.07, 6.45) is 0.770. The molecule has 0 aliphatic heterocycles. The minimum absolute atomic E-state index is 0.0703. The lowest BCUT2D eigenvalue weighted by molar-refractivity contribution is -0.597. The van der Waals surface area contributed by atoms with E-state index in [0.29, 0.717) is 0 Å². The van der Waals surface area contributed by atoms with Crippen LogP contribution in [-0.4, -0.2) is 18.3 Å². The van der Waals surface area contributed by atoms with E-state index in [-0.39, 0.29) is 32.0 Å². The molecule has 6 heteroatoms. The third-order valence-electron chi connectivity index (χ3n) is 6.32. The van der Waals surface area contributed by atoms with Gasteiger partial charge in [-0.15, -0.1) is 0 Å². The lowest BCUT2D eigenvalue weighted by Crippen LogP contribution is -3.61. The molecule has 0 amide bonds. The van der Waals surface area contributed by atoms with Gasteiger partial charge in [0, 0.05) is 0 Å². The lowest BCUT2D eigenvalue weighted by atomic mass is 9.87. The fourth-order valence-corrected chi connectivity index (χ4v) is 6.24. The monoisotopic (exact) mass is 589 g/mol. The highest BCUT2D eigenvalue weighted by atomic mass is 127. The van der Waals surface area contributed by atoms with Crippen LogP contribution in [0.15, 0.2) is 48.5 Å². The topological polar surface area (TPSA) is 78.6 Å². The van der Waals surface area contributed by atoms with Gasteiger partial charge in [0.05, 0.1) is 24.0 Å². The number of hydrogen-bond donors (Lipinski definition) is 0. The minimum Gasteiger partial charge on any atom is -0.814 e. The van der Waals surface area contributed by atoms with E-state index in [2.05, 4.69) is 99.8 Å². The Morgan fingerprint density at radius 2 is 1.14 bits per heavy atom. The molecular weight excluding hydrogens is 557 g/mol. The predicted molar refractivity (Wildman–Crippen MR) is 140 cm³/mol. The summed E-state index contributed by atoms with van der Waals surface area (Å²) in [5.41, 5.74) is 3.31. The first-order valence-electron chi connectivity index (χ1n) is 11.8. The average molecular weight is 590 g/mol. The molecule has 2 aromatic rings. The Kier molecular flexibility index (Phi) is 9.81. The summed E-state index contributed by atoms with van der Waals surface area (Å²) in [5.74, 6) is -2.26. The van der Waals surface area contributed by atoms with Crippen LogP contribution in [0.2, 0.25) is 0 Å². The van der Waals surface area contributed by atoms with Gasteiger partial charge in [0.2, 0.25) is 0 Å².